The number of sulfonamides is 1. The fraction of sp³-hybridized carbons (Fsp3) is 0.643. The maximum absolute atomic E-state index is 12.2. The van der Waals surface area contributed by atoms with Crippen molar-refractivity contribution in [3.05, 3.63) is 23.9 Å². The number of morpholine rings is 1. The SMILES string of the molecule is CCCS(=O)(=O)N1CCO[C@H](c2cccc(N(C)C)n2)C1. The average Bonchev–Trinajstić information content (AvgIpc) is 2.47. The van der Waals surface area contributed by atoms with Crippen LogP contribution in [0.3, 0.4) is 0 Å². The van der Waals surface area contributed by atoms with Crippen molar-refractivity contribution in [3.63, 3.8) is 0 Å². The topological polar surface area (TPSA) is 62.7 Å². The van der Waals surface area contributed by atoms with Crippen molar-refractivity contribution in [1.82, 2.24) is 9.29 Å². The van der Waals surface area contributed by atoms with E-state index >= 15 is 0 Å². The molecule has 0 unspecified atom stereocenters. The molecule has 1 atom stereocenters. The lowest BCUT2D eigenvalue weighted by Gasteiger charge is -2.32. The van der Waals surface area contributed by atoms with Gasteiger partial charge in [-0.25, -0.2) is 13.4 Å². The Morgan fingerprint density at radius 3 is 2.86 bits per heavy atom. The summed E-state index contributed by atoms with van der Waals surface area (Å²) in [5.41, 5.74) is 0.776. The average molecular weight is 313 g/mol. The summed E-state index contributed by atoms with van der Waals surface area (Å²) in [5, 5.41) is 0. The van der Waals surface area contributed by atoms with Crippen LogP contribution in [-0.4, -0.2) is 57.3 Å². The van der Waals surface area contributed by atoms with E-state index in [0.29, 0.717) is 26.1 Å². The highest BCUT2D eigenvalue weighted by molar-refractivity contribution is 7.89. The molecule has 0 saturated carbocycles. The summed E-state index contributed by atoms with van der Waals surface area (Å²) in [6, 6.07) is 5.71. The van der Waals surface area contributed by atoms with Gasteiger partial charge in [0, 0.05) is 27.2 Å². The minimum atomic E-state index is -3.19. The molecule has 1 aromatic rings. The van der Waals surface area contributed by atoms with Gasteiger partial charge in [0.15, 0.2) is 0 Å². The Hall–Kier alpha value is -1.18. The van der Waals surface area contributed by atoms with Crippen LogP contribution in [0, 0.1) is 0 Å². The van der Waals surface area contributed by atoms with Crippen molar-refractivity contribution >= 4 is 15.8 Å². The largest absolute Gasteiger partial charge is 0.369 e. The van der Waals surface area contributed by atoms with Gasteiger partial charge in [0.25, 0.3) is 0 Å². The molecule has 7 heteroatoms. The third kappa shape index (κ3) is 3.93. The zero-order valence-corrected chi connectivity index (χ0v) is 13.6. The van der Waals surface area contributed by atoms with E-state index in [-0.39, 0.29) is 11.9 Å². The fourth-order valence-corrected chi connectivity index (χ4v) is 3.80. The van der Waals surface area contributed by atoms with E-state index in [4.69, 9.17) is 4.74 Å². The molecule has 6 nitrogen and oxygen atoms in total. The van der Waals surface area contributed by atoms with Gasteiger partial charge in [-0.15, -0.1) is 0 Å². The Balaban J connectivity index is 2.16. The zero-order chi connectivity index (χ0) is 15.5. The molecule has 2 heterocycles. The van der Waals surface area contributed by atoms with Crippen molar-refractivity contribution in [2.75, 3.05) is 44.4 Å². The van der Waals surface area contributed by atoms with Crippen molar-refractivity contribution in [2.45, 2.75) is 19.4 Å². The number of aromatic nitrogens is 1. The van der Waals surface area contributed by atoms with E-state index in [1.807, 2.05) is 44.1 Å². The van der Waals surface area contributed by atoms with Crippen LogP contribution in [0.4, 0.5) is 5.82 Å². The monoisotopic (exact) mass is 313 g/mol. The Morgan fingerprint density at radius 1 is 1.43 bits per heavy atom. The normalized spacial score (nSPS) is 20.4. The van der Waals surface area contributed by atoms with Crippen molar-refractivity contribution in [1.29, 1.82) is 0 Å². The summed E-state index contributed by atoms with van der Waals surface area (Å²) < 4.78 is 31.6. The van der Waals surface area contributed by atoms with Crippen LogP contribution < -0.4 is 4.90 Å². The van der Waals surface area contributed by atoms with E-state index in [9.17, 15) is 8.42 Å². The minimum Gasteiger partial charge on any atom is -0.369 e. The number of nitrogens with zero attached hydrogens (tertiary/aromatic N) is 3. The first kappa shape index (κ1) is 16.2. The van der Waals surface area contributed by atoms with Crippen LogP contribution in [-0.2, 0) is 14.8 Å². The zero-order valence-electron chi connectivity index (χ0n) is 12.8. The van der Waals surface area contributed by atoms with Gasteiger partial charge in [-0.2, -0.15) is 4.31 Å². The predicted molar refractivity (Wildman–Crippen MR) is 82.9 cm³/mol. The molecule has 0 bridgehead atoms. The third-order valence-corrected chi connectivity index (χ3v) is 5.47. The van der Waals surface area contributed by atoms with E-state index < -0.39 is 10.0 Å². The second-order valence-electron chi connectivity index (χ2n) is 5.35. The van der Waals surface area contributed by atoms with Gasteiger partial charge in [0.05, 0.1) is 18.1 Å². The molecule has 1 aliphatic heterocycles. The first-order chi connectivity index (χ1) is 9.94. The molecule has 1 aliphatic rings. The summed E-state index contributed by atoms with van der Waals surface area (Å²) in [5.74, 6) is 1.02. The Labute approximate surface area is 126 Å². The Bertz CT molecular complexity index is 575. The fourth-order valence-electron chi connectivity index (χ4n) is 2.31. The van der Waals surface area contributed by atoms with E-state index in [1.54, 1.807) is 0 Å². The molecule has 0 radical (unpaired) electrons. The number of pyridine rings is 1. The van der Waals surface area contributed by atoms with E-state index in [1.165, 1.54) is 4.31 Å². The number of hydrogen-bond donors (Lipinski definition) is 0. The minimum absolute atomic E-state index is 0.185. The van der Waals surface area contributed by atoms with E-state index in [0.717, 1.165) is 11.5 Å². The van der Waals surface area contributed by atoms with Crippen LogP contribution in [0.1, 0.15) is 25.1 Å². The van der Waals surface area contributed by atoms with Crippen molar-refractivity contribution in [2.24, 2.45) is 0 Å². The summed E-state index contributed by atoms with van der Waals surface area (Å²) in [6.45, 7) is 3.04. The van der Waals surface area contributed by atoms with Crippen LogP contribution in [0.25, 0.3) is 0 Å². The first-order valence-electron chi connectivity index (χ1n) is 7.17. The predicted octanol–water partition coefficient (Wildman–Crippen LogP) is 1.26. The quantitative estimate of drug-likeness (QED) is 0.819. The number of rotatable bonds is 5. The molecule has 1 aromatic heterocycles. The highest BCUT2D eigenvalue weighted by Crippen LogP contribution is 2.24. The number of hydrogen-bond acceptors (Lipinski definition) is 5. The molecule has 0 aromatic carbocycles. The van der Waals surface area contributed by atoms with Gasteiger partial charge in [0.1, 0.15) is 11.9 Å². The van der Waals surface area contributed by atoms with Crippen LogP contribution in [0.2, 0.25) is 0 Å². The third-order valence-electron chi connectivity index (χ3n) is 3.43. The van der Waals surface area contributed by atoms with Crippen LogP contribution >= 0.6 is 0 Å². The molecule has 2 rings (SSSR count). The van der Waals surface area contributed by atoms with Gasteiger partial charge in [-0.1, -0.05) is 13.0 Å². The lowest BCUT2D eigenvalue weighted by Crippen LogP contribution is -2.43. The van der Waals surface area contributed by atoms with Crippen molar-refractivity contribution < 1.29 is 13.2 Å². The van der Waals surface area contributed by atoms with Crippen molar-refractivity contribution in [3.8, 4) is 0 Å². The summed E-state index contributed by atoms with van der Waals surface area (Å²) in [7, 11) is 0.659. The van der Waals surface area contributed by atoms with Crippen LogP contribution in [0.5, 0.6) is 0 Å². The Kier molecular flexibility index (Phi) is 5.18. The summed E-state index contributed by atoms with van der Waals surface area (Å²) in [6.07, 6.45) is 0.323. The van der Waals surface area contributed by atoms with Gasteiger partial charge < -0.3 is 9.64 Å². The number of ether oxygens (including phenoxy) is 1. The van der Waals surface area contributed by atoms with Gasteiger partial charge in [-0.05, 0) is 18.6 Å². The lowest BCUT2D eigenvalue weighted by atomic mass is 10.2. The van der Waals surface area contributed by atoms with Crippen LogP contribution in [0.15, 0.2) is 18.2 Å². The first-order valence-corrected chi connectivity index (χ1v) is 8.78. The standard InChI is InChI=1S/C14H23N3O3S/c1-4-10-21(18,19)17-8-9-20-13(11-17)12-6-5-7-14(15-12)16(2)3/h5-7,13H,4,8-11H2,1-3H3/t13-/m0/s1. The number of anilines is 1. The molecule has 118 valence electrons. The van der Waals surface area contributed by atoms with Gasteiger partial charge in [0.2, 0.25) is 10.0 Å². The molecular formula is C14H23N3O3S. The molecule has 1 saturated heterocycles. The highest BCUT2D eigenvalue weighted by Gasteiger charge is 2.30. The Morgan fingerprint density at radius 2 is 2.19 bits per heavy atom. The summed E-state index contributed by atoms with van der Waals surface area (Å²) in [4.78, 5) is 6.45. The molecule has 0 amide bonds. The highest BCUT2D eigenvalue weighted by atomic mass is 32.2. The van der Waals surface area contributed by atoms with Gasteiger partial charge >= 0.3 is 0 Å². The molecule has 21 heavy (non-hydrogen) atoms. The van der Waals surface area contributed by atoms with E-state index in [2.05, 4.69) is 4.98 Å². The smallest absolute Gasteiger partial charge is 0.214 e. The molecule has 0 spiro atoms. The molecule has 0 N–H and O–H groups in total. The lowest BCUT2D eigenvalue weighted by molar-refractivity contribution is -0.00486. The molecule has 0 aliphatic carbocycles. The van der Waals surface area contributed by atoms with Gasteiger partial charge in [-0.3, -0.25) is 0 Å². The maximum Gasteiger partial charge on any atom is 0.214 e. The summed E-state index contributed by atoms with van der Waals surface area (Å²) >= 11 is 0. The maximum atomic E-state index is 12.2. The second kappa shape index (κ2) is 6.72. The molecular weight excluding hydrogens is 290 g/mol. The molecule has 1 fully saturated rings. The second-order valence-corrected chi connectivity index (χ2v) is 7.44.